The van der Waals surface area contributed by atoms with Gasteiger partial charge in [0.25, 0.3) is 0 Å². The lowest BCUT2D eigenvalue weighted by molar-refractivity contribution is -0.141. The Hall–Kier alpha value is -1.25. The Kier molecular flexibility index (Phi) is 5.68. The minimum atomic E-state index is -1.27. The van der Waals surface area contributed by atoms with Crippen LogP contribution in [0, 0.1) is 11.3 Å². The fraction of sp³-hybridized carbons (Fsp3) is 0.667. The van der Waals surface area contributed by atoms with Crippen LogP contribution in [-0.4, -0.2) is 28.8 Å². The molecular formula is C9H14N2O3. The third kappa shape index (κ3) is 4.70. The van der Waals surface area contributed by atoms with Gasteiger partial charge in [0.2, 0.25) is 11.6 Å². The average Bonchev–Trinajstić information content (AvgIpc) is 2.13. The van der Waals surface area contributed by atoms with Crippen LogP contribution in [0.15, 0.2) is 0 Å². The maximum absolute atomic E-state index is 11.1. The Morgan fingerprint density at radius 3 is 2.57 bits per heavy atom. The summed E-state index contributed by atoms with van der Waals surface area (Å²) in [7, 11) is 0. The van der Waals surface area contributed by atoms with Gasteiger partial charge in [-0.1, -0.05) is 0 Å². The van der Waals surface area contributed by atoms with Crippen LogP contribution in [-0.2, 0) is 9.59 Å². The zero-order valence-electron chi connectivity index (χ0n) is 8.06. The average molecular weight is 198 g/mol. The van der Waals surface area contributed by atoms with Crippen molar-refractivity contribution in [2.24, 2.45) is 5.73 Å². The van der Waals surface area contributed by atoms with Crippen molar-refractivity contribution in [3.8, 4) is 6.07 Å². The fourth-order valence-electron chi connectivity index (χ4n) is 0.924. The van der Waals surface area contributed by atoms with Crippen LogP contribution in [0.25, 0.3) is 0 Å². The number of nitriles is 1. The molecule has 2 atom stereocenters. The zero-order valence-corrected chi connectivity index (χ0v) is 8.06. The lowest BCUT2D eigenvalue weighted by atomic mass is 10.0. The van der Waals surface area contributed by atoms with Crippen LogP contribution >= 0.6 is 0 Å². The van der Waals surface area contributed by atoms with Crippen molar-refractivity contribution in [3.63, 3.8) is 0 Å². The molecule has 0 heterocycles. The summed E-state index contributed by atoms with van der Waals surface area (Å²) in [5.41, 5.74) is 5.49. The highest BCUT2D eigenvalue weighted by atomic mass is 16.3. The summed E-state index contributed by atoms with van der Waals surface area (Å²) in [6.07, 6.45) is -0.733. The SMILES string of the molecule is CC(O)C(=O)C(=O)CC(N)CCC#N. The van der Waals surface area contributed by atoms with Gasteiger partial charge in [-0.3, -0.25) is 9.59 Å². The van der Waals surface area contributed by atoms with E-state index in [0.29, 0.717) is 6.42 Å². The summed E-state index contributed by atoms with van der Waals surface area (Å²) in [6, 6.07) is 1.42. The molecule has 0 rings (SSSR count). The number of carbonyl (C=O) groups excluding carboxylic acids is 2. The molecule has 0 radical (unpaired) electrons. The fourth-order valence-corrected chi connectivity index (χ4v) is 0.924. The molecule has 0 aliphatic rings. The minimum Gasteiger partial charge on any atom is -0.385 e. The lowest BCUT2D eigenvalue weighted by Gasteiger charge is -2.08. The first-order valence-electron chi connectivity index (χ1n) is 4.36. The van der Waals surface area contributed by atoms with Crippen LogP contribution in [0.3, 0.4) is 0 Å². The van der Waals surface area contributed by atoms with Crippen molar-refractivity contribution in [1.82, 2.24) is 0 Å². The van der Waals surface area contributed by atoms with Crippen LogP contribution in [0.4, 0.5) is 0 Å². The van der Waals surface area contributed by atoms with E-state index in [9.17, 15) is 9.59 Å². The number of carbonyl (C=O) groups is 2. The van der Waals surface area contributed by atoms with Gasteiger partial charge in [-0.2, -0.15) is 5.26 Å². The molecule has 0 saturated heterocycles. The van der Waals surface area contributed by atoms with Crippen LogP contribution < -0.4 is 5.73 Å². The monoisotopic (exact) mass is 198 g/mol. The summed E-state index contributed by atoms with van der Waals surface area (Å²) in [4.78, 5) is 22.0. The van der Waals surface area contributed by atoms with Gasteiger partial charge in [0.05, 0.1) is 6.07 Å². The number of ketones is 2. The Bertz CT molecular complexity index is 255. The molecule has 3 N–H and O–H groups in total. The number of rotatable bonds is 6. The van der Waals surface area contributed by atoms with Crippen molar-refractivity contribution in [2.45, 2.75) is 38.3 Å². The maximum atomic E-state index is 11.1. The zero-order chi connectivity index (χ0) is 11.1. The molecule has 2 unspecified atom stereocenters. The molecule has 0 bridgehead atoms. The molecular weight excluding hydrogens is 184 g/mol. The number of Topliss-reactive ketones (excluding diaryl/α,β-unsaturated/α-hetero) is 2. The quantitative estimate of drug-likeness (QED) is 0.561. The summed E-state index contributed by atoms with van der Waals surface area (Å²) in [5.74, 6) is -1.50. The van der Waals surface area contributed by atoms with E-state index < -0.39 is 23.7 Å². The molecule has 0 fully saturated rings. The molecule has 0 aliphatic heterocycles. The summed E-state index contributed by atoms with van der Waals surface area (Å²) >= 11 is 0. The molecule has 0 saturated carbocycles. The molecule has 5 heteroatoms. The number of nitrogens with zero attached hydrogens (tertiary/aromatic N) is 1. The molecule has 0 aromatic heterocycles. The first-order valence-corrected chi connectivity index (χ1v) is 4.36. The first kappa shape index (κ1) is 12.8. The van der Waals surface area contributed by atoms with Crippen molar-refractivity contribution in [1.29, 1.82) is 5.26 Å². The number of hydrogen-bond acceptors (Lipinski definition) is 5. The Morgan fingerprint density at radius 2 is 2.14 bits per heavy atom. The Labute approximate surface area is 82.5 Å². The Balaban J connectivity index is 3.95. The van der Waals surface area contributed by atoms with Gasteiger partial charge in [-0.15, -0.1) is 0 Å². The van der Waals surface area contributed by atoms with E-state index in [0.717, 1.165) is 0 Å². The molecule has 0 amide bonds. The summed E-state index contributed by atoms with van der Waals surface area (Å²) in [5, 5.41) is 17.1. The highest BCUT2D eigenvalue weighted by molar-refractivity contribution is 6.38. The predicted octanol–water partition coefficient (Wildman–Crippen LogP) is -0.473. The van der Waals surface area contributed by atoms with Crippen LogP contribution in [0.5, 0.6) is 0 Å². The second-order valence-electron chi connectivity index (χ2n) is 3.12. The van der Waals surface area contributed by atoms with Crippen molar-refractivity contribution >= 4 is 11.6 Å². The smallest absolute Gasteiger partial charge is 0.226 e. The van der Waals surface area contributed by atoms with E-state index in [-0.39, 0.29) is 12.8 Å². The second kappa shape index (κ2) is 6.24. The van der Waals surface area contributed by atoms with Gasteiger partial charge in [0, 0.05) is 18.9 Å². The van der Waals surface area contributed by atoms with Gasteiger partial charge >= 0.3 is 0 Å². The van der Waals surface area contributed by atoms with Crippen LogP contribution in [0.1, 0.15) is 26.2 Å². The highest BCUT2D eigenvalue weighted by Gasteiger charge is 2.20. The van der Waals surface area contributed by atoms with Gasteiger partial charge in [-0.25, -0.2) is 0 Å². The molecule has 14 heavy (non-hydrogen) atoms. The largest absolute Gasteiger partial charge is 0.385 e. The van der Waals surface area contributed by atoms with E-state index in [4.69, 9.17) is 16.1 Å². The van der Waals surface area contributed by atoms with E-state index in [2.05, 4.69) is 0 Å². The topological polar surface area (TPSA) is 104 Å². The van der Waals surface area contributed by atoms with E-state index >= 15 is 0 Å². The third-order valence-corrected chi connectivity index (χ3v) is 1.73. The van der Waals surface area contributed by atoms with Crippen molar-refractivity contribution in [2.75, 3.05) is 0 Å². The van der Waals surface area contributed by atoms with E-state index in [1.165, 1.54) is 6.92 Å². The molecule has 0 spiro atoms. The third-order valence-electron chi connectivity index (χ3n) is 1.73. The lowest BCUT2D eigenvalue weighted by Crippen LogP contribution is -2.32. The van der Waals surface area contributed by atoms with Crippen molar-refractivity contribution in [3.05, 3.63) is 0 Å². The molecule has 78 valence electrons. The van der Waals surface area contributed by atoms with Crippen LogP contribution in [0.2, 0.25) is 0 Å². The second-order valence-corrected chi connectivity index (χ2v) is 3.12. The number of nitrogens with two attached hydrogens (primary N) is 1. The summed E-state index contributed by atoms with van der Waals surface area (Å²) < 4.78 is 0. The standard InChI is InChI=1S/C9H14N2O3/c1-6(12)9(14)8(13)5-7(11)3-2-4-10/h6-7,12H,2-3,5,11H2,1H3. The maximum Gasteiger partial charge on any atom is 0.226 e. The number of hydrogen-bond donors (Lipinski definition) is 2. The minimum absolute atomic E-state index is 0.106. The molecule has 0 aliphatic carbocycles. The van der Waals surface area contributed by atoms with Gasteiger partial charge in [0.1, 0.15) is 6.10 Å². The predicted molar refractivity (Wildman–Crippen MR) is 49.1 cm³/mol. The molecule has 0 aromatic carbocycles. The number of aliphatic hydroxyl groups is 1. The normalized spacial score (nSPS) is 14.1. The van der Waals surface area contributed by atoms with Crippen molar-refractivity contribution < 1.29 is 14.7 Å². The number of aliphatic hydroxyl groups excluding tert-OH is 1. The van der Waals surface area contributed by atoms with E-state index in [1.807, 2.05) is 6.07 Å². The van der Waals surface area contributed by atoms with E-state index in [1.54, 1.807) is 0 Å². The first-order chi connectivity index (χ1) is 6.49. The van der Waals surface area contributed by atoms with Gasteiger partial charge in [0.15, 0.2) is 0 Å². The van der Waals surface area contributed by atoms with Gasteiger partial charge in [-0.05, 0) is 13.3 Å². The molecule has 5 nitrogen and oxygen atoms in total. The molecule has 0 aromatic rings. The Morgan fingerprint density at radius 1 is 1.57 bits per heavy atom. The van der Waals surface area contributed by atoms with Gasteiger partial charge < -0.3 is 10.8 Å². The summed E-state index contributed by atoms with van der Waals surface area (Å²) in [6.45, 7) is 1.24. The highest BCUT2D eigenvalue weighted by Crippen LogP contribution is 2.01.